The highest BCUT2D eigenvalue weighted by Gasteiger charge is 2.34. The number of nitrogens with one attached hydrogen (secondary N) is 1. The van der Waals surface area contributed by atoms with Gasteiger partial charge in [0.15, 0.2) is 0 Å². The summed E-state index contributed by atoms with van der Waals surface area (Å²) >= 11 is 6.00. The Bertz CT molecular complexity index is 1420. The molecule has 1 heterocycles. The third-order valence-corrected chi connectivity index (χ3v) is 6.15. The van der Waals surface area contributed by atoms with E-state index in [1.54, 1.807) is 10.8 Å². The summed E-state index contributed by atoms with van der Waals surface area (Å²) < 4.78 is 28.7. The van der Waals surface area contributed by atoms with E-state index in [-0.39, 0.29) is 29.5 Å². The summed E-state index contributed by atoms with van der Waals surface area (Å²) in [5.41, 5.74) is 2.23. The average Bonchev–Trinajstić information content (AvgIpc) is 3.64. The molecule has 5 rings (SSSR count). The normalized spacial score (nSPS) is 12.9. The first-order chi connectivity index (χ1) is 17.4. The van der Waals surface area contributed by atoms with Gasteiger partial charge in [0.25, 0.3) is 5.91 Å². The molecule has 2 amide bonds. The van der Waals surface area contributed by atoms with Crippen LogP contribution in [-0.2, 0) is 4.79 Å². The number of anilines is 1. The molecule has 0 radical (unpaired) electrons. The van der Waals surface area contributed by atoms with Gasteiger partial charge in [-0.05, 0) is 55.3 Å². The second-order valence-electron chi connectivity index (χ2n) is 8.50. The van der Waals surface area contributed by atoms with Crippen LogP contribution in [0.5, 0.6) is 0 Å². The van der Waals surface area contributed by atoms with Gasteiger partial charge in [-0.1, -0.05) is 41.9 Å². The zero-order chi connectivity index (χ0) is 25.2. The molecule has 36 heavy (non-hydrogen) atoms. The minimum absolute atomic E-state index is 0.0520. The smallest absolute Gasteiger partial charge is 0.254 e. The van der Waals surface area contributed by atoms with Crippen molar-refractivity contribution < 1.29 is 18.4 Å². The molecular formula is C27H21ClF2N4O2. The van der Waals surface area contributed by atoms with Crippen molar-refractivity contribution in [3.63, 3.8) is 0 Å². The van der Waals surface area contributed by atoms with Crippen LogP contribution >= 0.6 is 11.6 Å². The van der Waals surface area contributed by atoms with Crippen molar-refractivity contribution in [2.24, 2.45) is 0 Å². The highest BCUT2D eigenvalue weighted by Crippen LogP contribution is 2.29. The molecule has 1 saturated carbocycles. The van der Waals surface area contributed by atoms with Crippen molar-refractivity contribution in [3.8, 4) is 16.9 Å². The van der Waals surface area contributed by atoms with Gasteiger partial charge in [-0.25, -0.2) is 13.8 Å². The van der Waals surface area contributed by atoms with Gasteiger partial charge in [-0.2, -0.15) is 0 Å². The maximum atomic E-state index is 13.8. The van der Waals surface area contributed by atoms with E-state index in [1.807, 2.05) is 30.3 Å². The molecule has 0 atom stereocenters. The molecule has 1 aliphatic carbocycles. The van der Waals surface area contributed by atoms with E-state index in [1.165, 1.54) is 47.4 Å². The van der Waals surface area contributed by atoms with E-state index in [0.29, 0.717) is 16.9 Å². The van der Waals surface area contributed by atoms with Gasteiger partial charge < -0.3 is 4.90 Å². The largest absolute Gasteiger partial charge is 0.326 e. The van der Waals surface area contributed by atoms with Gasteiger partial charge in [0, 0.05) is 23.4 Å². The van der Waals surface area contributed by atoms with Crippen LogP contribution in [0.4, 0.5) is 14.7 Å². The summed E-state index contributed by atoms with van der Waals surface area (Å²) in [5, 5.41) is 2.72. The Labute approximate surface area is 211 Å². The van der Waals surface area contributed by atoms with Crippen molar-refractivity contribution in [3.05, 3.63) is 101 Å². The van der Waals surface area contributed by atoms with Crippen molar-refractivity contribution in [2.75, 3.05) is 11.9 Å². The first kappa shape index (κ1) is 23.7. The molecule has 0 bridgehead atoms. The molecule has 1 N–H and O–H groups in total. The first-order valence-corrected chi connectivity index (χ1v) is 11.7. The van der Waals surface area contributed by atoms with Crippen molar-refractivity contribution >= 4 is 29.4 Å². The number of rotatable bonds is 7. The Kier molecular flexibility index (Phi) is 6.52. The lowest BCUT2D eigenvalue weighted by Crippen LogP contribution is -2.39. The van der Waals surface area contributed by atoms with Crippen LogP contribution in [0.2, 0.25) is 5.02 Å². The maximum Gasteiger partial charge on any atom is 0.254 e. The molecule has 1 fully saturated rings. The summed E-state index contributed by atoms with van der Waals surface area (Å²) in [6.45, 7) is -0.196. The molecule has 0 saturated heterocycles. The van der Waals surface area contributed by atoms with E-state index >= 15 is 0 Å². The first-order valence-electron chi connectivity index (χ1n) is 11.4. The molecule has 1 aliphatic rings. The predicted octanol–water partition coefficient (Wildman–Crippen LogP) is 5.71. The molecule has 1 aromatic heterocycles. The molecule has 6 nitrogen and oxygen atoms in total. The molecular weight excluding hydrogens is 486 g/mol. The van der Waals surface area contributed by atoms with E-state index in [0.717, 1.165) is 18.4 Å². The number of hydrogen-bond donors (Lipinski definition) is 1. The van der Waals surface area contributed by atoms with Crippen LogP contribution in [0.1, 0.15) is 23.2 Å². The lowest BCUT2D eigenvalue weighted by Gasteiger charge is -2.22. The number of halogens is 3. The zero-order valence-electron chi connectivity index (χ0n) is 19.0. The number of imidazole rings is 1. The van der Waals surface area contributed by atoms with Crippen LogP contribution in [-0.4, -0.2) is 38.9 Å². The standard InChI is InChI=1S/C27H21ClF2N4O2/c28-22-14-21(12-13-23(22)30)34-15-24(17-4-2-1-3-5-17)31-27(34)32-25(35)16-33(20-10-11-20)26(36)18-6-8-19(29)9-7-18/h1-9,12-15,20H,10-11,16H2,(H,31,32,35). The molecule has 0 aliphatic heterocycles. The second kappa shape index (κ2) is 9.91. The lowest BCUT2D eigenvalue weighted by molar-refractivity contribution is -0.117. The summed E-state index contributed by atoms with van der Waals surface area (Å²) in [5.74, 6) is -1.59. The Balaban J connectivity index is 1.42. The minimum atomic E-state index is -0.561. The SMILES string of the molecule is O=C(CN(C(=O)c1ccc(F)cc1)C1CC1)Nc1nc(-c2ccccc2)cn1-c1ccc(F)c(Cl)c1. The second-order valence-corrected chi connectivity index (χ2v) is 8.91. The van der Waals surface area contributed by atoms with Gasteiger partial charge in [0.05, 0.1) is 16.4 Å². The van der Waals surface area contributed by atoms with Crippen LogP contribution < -0.4 is 5.32 Å². The summed E-state index contributed by atoms with van der Waals surface area (Å²) in [7, 11) is 0. The fourth-order valence-electron chi connectivity index (χ4n) is 3.88. The predicted molar refractivity (Wildman–Crippen MR) is 133 cm³/mol. The average molecular weight is 507 g/mol. The Morgan fingerprint density at radius 3 is 2.42 bits per heavy atom. The van der Waals surface area contributed by atoms with E-state index in [4.69, 9.17) is 11.6 Å². The van der Waals surface area contributed by atoms with E-state index in [2.05, 4.69) is 10.3 Å². The van der Waals surface area contributed by atoms with Crippen molar-refractivity contribution in [1.82, 2.24) is 14.5 Å². The number of benzene rings is 3. The lowest BCUT2D eigenvalue weighted by atomic mass is 10.2. The highest BCUT2D eigenvalue weighted by atomic mass is 35.5. The van der Waals surface area contributed by atoms with Gasteiger partial charge in [0.2, 0.25) is 11.9 Å². The van der Waals surface area contributed by atoms with Gasteiger partial charge in [-0.3, -0.25) is 19.5 Å². The number of hydrogen-bond acceptors (Lipinski definition) is 3. The van der Waals surface area contributed by atoms with Crippen molar-refractivity contribution in [1.29, 1.82) is 0 Å². The van der Waals surface area contributed by atoms with E-state index < -0.39 is 17.5 Å². The zero-order valence-corrected chi connectivity index (χ0v) is 19.8. The Hall–Kier alpha value is -4.04. The quantitative estimate of drug-likeness (QED) is 0.349. The highest BCUT2D eigenvalue weighted by molar-refractivity contribution is 6.30. The Morgan fingerprint density at radius 2 is 1.75 bits per heavy atom. The van der Waals surface area contributed by atoms with Crippen LogP contribution in [0.25, 0.3) is 16.9 Å². The Morgan fingerprint density at radius 1 is 1.03 bits per heavy atom. The van der Waals surface area contributed by atoms with Crippen LogP contribution in [0, 0.1) is 11.6 Å². The maximum absolute atomic E-state index is 13.8. The number of aromatic nitrogens is 2. The summed E-state index contributed by atoms with van der Waals surface area (Å²) in [4.78, 5) is 32.2. The van der Waals surface area contributed by atoms with Crippen LogP contribution in [0.15, 0.2) is 79.0 Å². The van der Waals surface area contributed by atoms with Gasteiger partial charge in [-0.15, -0.1) is 0 Å². The molecule has 9 heteroatoms. The number of carbonyl (C=O) groups is 2. The van der Waals surface area contributed by atoms with Crippen LogP contribution in [0.3, 0.4) is 0 Å². The molecule has 182 valence electrons. The van der Waals surface area contributed by atoms with Crippen molar-refractivity contribution in [2.45, 2.75) is 18.9 Å². The number of carbonyl (C=O) groups excluding carboxylic acids is 2. The number of nitrogens with zero attached hydrogens (tertiary/aromatic N) is 3. The third kappa shape index (κ3) is 5.13. The summed E-state index contributed by atoms with van der Waals surface area (Å²) in [6, 6.07) is 18.8. The minimum Gasteiger partial charge on any atom is -0.326 e. The monoisotopic (exact) mass is 506 g/mol. The van der Waals surface area contributed by atoms with E-state index in [9.17, 15) is 18.4 Å². The fourth-order valence-corrected chi connectivity index (χ4v) is 4.05. The summed E-state index contributed by atoms with van der Waals surface area (Å²) in [6.07, 6.45) is 3.30. The molecule has 0 unspecified atom stereocenters. The fraction of sp³-hybridized carbons (Fsp3) is 0.148. The third-order valence-electron chi connectivity index (χ3n) is 5.86. The molecule has 4 aromatic rings. The van der Waals surface area contributed by atoms with Gasteiger partial charge >= 0.3 is 0 Å². The topological polar surface area (TPSA) is 67.2 Å². The number of amides is 2. The molecule has 3 aromatic carbocycles. The molecule has 0 spiro atoms. The van der Waals surface area contributed by atoms with Gasteiger partial charge in [0.1, 0.15) is 18.2 Å².